The molecule has 1 N–H and O–H groups in total. The van der Waals surface area contributed by atoms with Gasteiger partial charge in [0.05, 0.1) is 0 Å². The minimum atomic E-state index is -0.108. The van der Waals surface area contributed by atoms with Gasteiger partial charge in [-0.1, -0.05) is 37.8 Å². The van der Waals surface area contributed by atoms with Gasteiger partial charge in [0.2, 0.25) is 11.8 Å². The van der Waals surface area contributed by atoms with E-state index in [4.69, 9.17) is 0 Å². The Bertz CT molecular complexity index is 615. The number of benzene rings is 1. The van der Waals surface area contributed by atoms with Crippen LogP contribution in [0.4, 0.5) is 5.69 Å². The van der Waals surface area contributed by atoms with Gasteiger partial charge in [0.15, 0.2) is 0 Å². The first-order valence-corrected chi connectivity index (χ1v) is 10.0. The van der Waals surface area contributed by atoms with E-state index in [-0.39, 0.29) is 24.3 Å². The molecule has 2 aliphatic rings. The average Bonchev–Trinajstić information content (AvgIpc) is 2.90. The third-order valence-electron chi connectivity index (χ3n) is 5.53. The molecule has 5 heteroatoms. The highest BCUT2D eigenvalue weighted by molar-refractivity contribution is 5.97. The topological polar surface area (TPSA) is 52.7 Å². The third kappa shape index (κ3) is 5.23. The number of carbonyl (C=O) groups is 2. The standard InChI is InChI=1S/C21H31N3O2/c1-17-7-6-10-19(15-17)23-11-13-24(14-12-23)21(26)16-20(25)22-18-8-4-2-3-5-9-18/h6-7,10,15,18H,2-5,8-9,11-14,16H2,1H3,(H,22,25). The van der Waals surface area contributed by atoms with Crippen LogP contribution in [0.1, 0.15) is 50.5 Å². The highest BCUT2D eigenvalue weighted by atomic mass is 16.2. The number of nitrogens with one attached hydrogen (secondary N) is 1. The second-order valence-corrected chi connectivity index (χ2v) is 7.64. The zero-order valence-electron chi connectivity index (χ0n) is 15.9. The highest BCUT2D eigenvalue weighted by Crippen LogP contribution is 2.19. The molecule has 2 fully saturated rings. The van der Waals surface area contributed by atoms with Crippen LogP contribution in [0.15, 0.2) is 24.3 Å². The first-order valence-electron chi connectivity index (χ1n) is 10.0. The first-order chi connectivity index (χ1) is 12.6. The van der Waals surface area contributed by atoms with Crippen LogP contribution in [0.2, 0.25) is 0 Å². The molecule has 142 valence electrons. The molecule has 26 heavy (non-hydrogen) atoms. The molecule has 1 aromatic rings. The summed E-state index contributed by atoms with van der Waals surface area (Å²) in [6.45, 7) is 5.10. The van der Waals surface area contributed by atoms with Gasteiger partial charge in [0.1, 0.15) is 6.42 Å². The number of amides is 2. The summed E-state index contributed by atoms with van der Waals surface area (Å²) in [6.07, 6.45) is 6.97. The molecule has 2 amide bonds. The Morgan fingerprint density at radius 1 is 1.04 bits per heavy atom. The maximum Gasteiger partial charge on any atom is 0.232 e. The van der Waals surface area contributed by atoms with Gasteiger partial charge in [0.25, 0.3) is 0 Å². The molecule has 5 nitrogen and oxygen atoms in total. The van der Waals surface area contributed by atoms with Crippen molar-refractivity contribution in [2.75, 3.05) is 31.1 Å². The maximum absolute atomic E-state index is 12.5. The molecule has 0 spiro atoms. The van der Waals surface area contributed by atoms with E-state index in [0.717, 1.165) is 25.9 Å². The number of hydrogen-bond donors (Lipinski definition) is 1. The Labute approximate surface area is 156 Å². The lowest BCUT2D eigenvalue weighted by atomic mass is 10.1. The summed E-state index contributed by atoms with van der Waals surface area (Å²) in [5.74, 6) is -0.150. The maximum atomic E-state index is 12.5. The van der Waals surface area contributed by atoms with Gasteiger partial charge in [-0.15, -0.1) is 0 Å². The van der Waals surface area contributed by atoms with Crippen molar-refractivity contribution >= 4 is 17.5 Å². The summed E-state index contributed by atoms with van der Waals surface area (Å²) in [6, 6.07) is 8.72. The fraction of sp³-hybridized carbons (Fsp3) is 0.619. The molecule has 0 bridgehead atoms. The largest absolute Gasteiger partial charge is 0.368 e. The van der Waals surface area contributed by atoms with Crippen molar-refractivity contribution in [2.24, 2.45) is 0 Å². The van der Waals surface area contributed by atoms with Crippen LogP contribution in [-0.4, -0.2) is 48.9 Å². The average molecular weight is 357 g/mol. The number of anilines is 1. The summed E-state index contributed by atoms with van der Waals surface area (Å²) >= 11 is 0. The van der Waals surface area contributed by atoms with Crippen molar-refractivity contribution in [3.8, 4) is 0 Å². The SMILES string of the molecule is Cc1cccc(N2CCN(C(=O)CC(=O)NC3CCCCCC3)CC2)c1. The van der Waals surface area contributed by atoms with Crippen LogP contribution in [0.5, 0.6) is 0 Å². The van der Waals surface area contributed by atoms with Crippen molar-refractivity contribution in [1.29, 1.82) is 0 Å². The van der Waals surface area contributed by atoms with Gasteiger partial charge in [-0.2, -0.15) is 0 Å². The number of carbonyl (C=O) groups excluding carboxylic acids is 2. The second-order valence-electron chi connectivity index (χ2n) is 7.64. The fourth-order valence-corrected chi connectivity index (χ4v) is 3.99. The number of nitrogens with zero attached hydrogens (tertiary/aromatic N) is 2. The van der Waals surface area contributed by atoms with E-state index < -0.39 is 0 Å². The third-order valence-corrected chi connectivity index (χ3v) is 5.53. The molecule has 1 aliphatic carbocycles. The lowest BCUT2D eigenvalue weighted by Gasteiger charge is -2.36. The quantitative estimate of drug-likeness (QED) is 0.666. The molecular weight excluding hydrogens is 326 g/mol. The van der Waals surface area contributed by atoms with Gasteiger partial charge < -0.3 is 15.1 Å². The lowest BCUT2D eigenvalue weighted by molar-refractivity contribution is -0.136. The minimum absolute atomic E-state index is 0.0130. The van der Waals surface area contributed by atoms with Crippen LogP contribution in [0.3, 0.4) is 0 Å². The van der Waals surface area contributed by atoms with E-state index >= 15 is 0 Å². The molecule has 1 heterocycles. The molecule has 1 aromatic carbocycles. The number of aryl methyl sites for hydroxylation is 1. The summed E-state index contributed by atoms with van der Waals surface area (Å²) in [5, 5.41) is 3.07. The minimum Gasteiger partial charge on any atom is -0.368 e. The molecule has 0 atom stereocenters. The Morgan fingerprint density at radius 3 is 2.38 bits per heavy atom. The van der Waals surface area contributed by atoms with Crippen LogP contribution in [0.25, 0.3) is 0 Å². The van der Waals surface area contributed by atoms with E-state index in [0.29, 0.717) is 13.1 Å². The molecule has 0 unspecified atom stereocenters. The fourth-order valence-electron chi connectivity index (χ4n) is 3.99. The van der Waals surface area contributed by atoms with E-state index in [2.05, 4.69) is 41.4 Å². The van der Waals surface area contributed by atoms with Crippen LogP contribution in [-0.2, 0) is 9.59 Å². The zero-order chi connectivity index (χ0) is 18.4. The normalized spacial score (nSPS) is 19.1. The van der Waals surface area contributed by atoms with Crippen molar-refractivity contribution in [2.45, 2.75) is 57.9 Å². The number of hydrogen-bond acceptors (Lipinski definition) is 3. The van der Waals surface area contributed by atoms with Gasteiger partial charge in [-0.3, -0.25) is 9.59 Å². The van der Waals surface area contributed by atoms with E-state index in [1.165, 1.54) is 36.9 Å². The predicted molar refractivity (Wildman–Crippen MR) is 104 cm³/mol. The van der Waals surface area contributed by atoms with Gasteiger partial charge >= 0.3 is 0 Å². The van der Waals surface area contributed by atoms with Crippen LogP contribution >= 0.6 is 0 Å². The van der Waals surface area contributed by atoms with Crippen LogP contribution < -0.4 is 10.2 Å². The lowest BCUT2D eigenvalue weighted by Crippen LogP contribution is -2.50. The van der Waals surface area contributed by atoms with E-state index in [1.54, 1.807) is 0 Å². The van der Waals surface area contributed by atoms with Crippen molar-refractivity contribution < 1.29 is 9.59 Å². The van der Waals surface area contributed by atoms with Gasteiger partial charge in [-0.25, -0.2) is 0 Å². The molecular formula is C21H31N3O2. The second kappa shape index (κ2) is 9.06. The highest BCUT2D eigenvalue weighted by Gasteiger charge is 2.24. The molecule has 0 aromatic heterocycles. The predicted octanol–water partition coefficient (Wildman–Crippen LogP) is 2.87. The number of piperazine rings is 1. The first kappa shape index (κ1) is 18.7. The van der Waals surface area contributed by atoms with Crippen molar-refractivity contribution in [3.05, 3.63) is 29.8 Å². The Morgan fingerprint density at radius 2 is 1.73 bits per heavy atom. The van der Waals surface area contributed by atoms with E-state index in [1.807, 2.05) is 4.90 Å². The van der Waals surface area contributed by atoms with E-state index in [9.17, 15) is 9.59 Å². The Kier molecular flexibility index (Phi) is 6.53. The summed E-state index contributed by atoms with van der Waals surface area (Å²) in [5.41, 5.74) is 2.46. The number of rotatable bonds is 4. The van der Waals surface area contributed by atoms with Crippen molar-refractivity contribution in [1.82, 2.24) is 10.2 Å². The monoisotopic (exact) mass is 357 g/mol. The summed E-state index contributed by atoms with van der Waals surface area (Å²) < 4.78 is 0. The van der Waals surface area contributed by atoms with Gasteiger partial charge in [0, 0.05) is 37.9 Å². The Hall–Kier alpha value is -2.04. The smallest absolute Gasteiger partial charge is 0.232 e. The summed E-state index contributed by atoms with van der Waals surface area (Å²) in [4.78, 5) is 28.8. The Balaban J connectivity index is 1.43. The van der Waals surface area contributed by atoms with Crippen LogP contribution in [0, 0.1) is 6.92 Å². The molecule has 0 radical (unpaired) electrons. The molecule has 1 saturated heterocycles. The van der Waals surface area contributed by atoms with Gasteiger partial charge in [-0.05, 0) is 37.5 Å². The molecule has 1 saturated carbocycles. The zero-order valence-corrected chi connectivity index (χ0v) is 15.9. The molecule has 3 rings (SSSR count). The van der Waals surface area contributed by atoms with Crippen molar-refractivity contribution in [3.63, 3.8) is 0 Å². The molecule has 1 aliphatic heterocycles. The summed E-state index contributed by atoms with van der Waals surface area (Å²) in [7, 11) is 0.